The number of hydrogen-bond donors (Lipinski definition) is 2. The molecule has 6 heteroatoms. The van der Waals surface area contributed by atoms with E-state index in [2.05, 4.69) is 0 Å². The summed E-state index contributed by atoms with van der Waals surface area (Å²) in [6, 6.07) is 0. The van der Waals surface area contributed by atoms with Crippen LogP contribution >= 0.6 is 0 Å². The summed E-state index contributed by atoms with van der Waals surface area (Å²) in [6.07, 6.45) is 11.6. The zero-order valence-corrected chi connectivity index (χ0v) is 20.6. The van der Waals surface area contributed by atoms with E-state index in [-0.39, 0.29) is 58.3 Å². The number of rotatable bonds is 12. The fraction of sp³-hybridized carbons (Fsp3) is 0.500. The summed E-state index contributed by atoms with van der Waals surface area (Å²) in [5, 5.41) is 18.8. The van der Waals surface area contributed by atoms with Crippen molar-refractivity contribution in [2.45, 2.75) is 66.2 Å². The first-order valence-electron chi connectivity index (χ1n) is 11.8. The van der Waals surface area contributed by atoms with Crippen LogP contribution in [0.4, 0.5) is 0 Å². The molecular formula is C28H36O6. The Morgan fingerprint density at radius 2 is 1.00 bits per heavy atom. The van der Waals surface area contributed by atoms with Crippen molar-refractivity contribution in [1.29, 1.82) is 0 Å². The van der Waals surface area contributed by atoms with E-state index in [9.17, 15) is 29.4 Å². The highest BCUT2D eigenvalue weighted by atomic mass is 16.3. The average molecular weight is 469 g/mol. The summed E-state index contributed by atoms with van der Waals surface area (Å²) in [7, 11) is 0. The number of ketones is 4. The molecule has 0 aromatic carbocycles. The first-order valence-corrected chi connectivity index (χ1v) is 11.8. The lowest BCUT2D eigenvalue weighted by Crippen LogP contribution is -2.18. The van der Waals surface area contributed by atoms with Crippen LogP contribution < -0.4 is 0 Å². The topological polar surface area (TPSA) is 109 Å². The van der Waals surface area contributed by atoms with Gasteiger partial charge in [-0.25, -0.2) is 0 Å². The molecule has 0 aromatic heterocycles. The number of allylic oxidation sites excluding steroid dienone is 10. The Morgan fingerprint density at radius 1 is 0.647 bits per heavy atom. The molecular weight excluding hydrogens is 432 g/mol. The molecule has 0 aromatic rings. The molecule has 184 valence electrons. The molecule has 0 saturated carbocycles. The highest BCUT2D eigenvalue weighted by Gasteiger charge is 2.24. The molecule has 0 saturated heterocycles. The molecule has 0 heterocycles. The fourth-order valence-electron chi connectivity index (χ4n) is 3.84. The second-order valence-corrected chi connectivity index (χ2v) is 10.7. The average Bonchev–Trinajstić information content (AvgIpc) is 2.77. The van der Waals surface area contributed by atoms with Gasteiger partial charge in [-0.2, -0.15) is 0 Å². The molecule has 2 aliphatic rings. The minimum atomic E-state index is -0.289. The summed E-state index contributed by atoms with van der Waals surface area (Å²) in [5.41, 5.74) is 0.693. The van der Waals surface area contributed by atoms with Gasteiger partial charge in [-0.3, -0.25) is 19.2 Å². The van der Waals surface area contributed by atoms with Crippen LogP contribution in [0.25, 0.3) is 0 Å². The Bertz CT molecular complexity index is 918. The zero-order valence-electron chi connectivity index (χ0n) is 20.6. The quantitative estimate of drug-likeness (QED) is 0.420. The lowest BCUT2D eigenvalue weighted by Gasteiger charge is -2.22. The van der Waals surface area contributed by atoms with E-state index in [0.29, 0.717) is 49.7 Å². The summed E-state index contributed by atoms with van der Waals surface area (Å²) in [6.45, 7) is 7.85. The predicted molar refractivity (Wildman–Crippen MR) is 131 cm³/mol. The van der Waals surface area contributed by atoms with Crippen LogP contribution in [0.2, 0.25) is 0 Å². The number of aliphatic hydroxyl groups is 2. The van der Waals surface area contributed by atoms with E-state index < -0.39 is 0 Å². The van der Waals surface area contributed by atoms with Gasteiger partial charge in [-0.1, -0.05) is 39.8 Å². The normalized spacial score (nSPS) is 17.7. The first kappa shape index (κ1) is 27.5. The fourth-order valence-corrected chi connectivity index (χ4v) is 3.84. The van der Waals surface area contributed by atoms with Crippen molar-refractivity contribution in [3.63, 3.8) is 0 Å². The summed E-state index contributed by atoms with van der Waals surface area (Å²) < 4.78 is 0. The third-order valence-electron chi connectivity index (χ3n) is 6.23. The monoisotopic (exact) mass is 468 g/mol. The summed E-state index contributed by atoms with van der Waals surface area (Å²) in [4.78, 5) is 50.0. The minimum Gasteiger partial charge on any atom is -0.396 e. The maximum absolute atomic E-state index is 12.9. The second-order valence-electron chi connectivity index (χ2n) is 10.7. The van der Waals surface area contributed by atoms with Gasteiger partial charge in [0, 0.05) is 35.5 Å². The predicted octanol–water partition coefficient (Wildman–Crippen LogP) is 3.93. The van der Waals surface area contributed by atoms with Crippen molar-refractivity contribution in [1.82, 2.24) is 0 Å². The molecule has 0 fully saturated rings. The molecule has 0 aliphatic heterocycles. The number of aliphatic hydroxyl groups excluding tert-OH is 2. The smallest absolute Gasteiger partial charge is 0.189 e. The van der Waals surface area contributed by atoms with E-state index in [4.69, 9.17) is 0 Å². The number of hydrogen-bond acceptors (Lipinski definition) is 6. The molecule has 0 spiro atoms. The van der Waals surface area contributed by atoms with Crippen molar-refractivity contribution in [2.75, 3.05) is 13.2 Å². The molecule has 2 rings (SSSR count). The lowest BCUT2D eigenvalue weighted by atomic mass is 9.84. The number of carbonyl (C=O) groups excluding carboxylic acids is 4. The third kappa shape index (κ3) is 7.96. The van der Waals surface area contributed by atoms with Crippen LogP contribution in [0.1, 0.15) is 66.2 Å². The minimum absolute atomic E-state index is 0.0459. The standard InChI is InChI=1S/C28H36O6/c1-27(2,17-29)11-5-7-19-13-23(31)15-21(25(19)33)9-10-22-16-24(32)14-20(26(22)34)8-6-12-28(3,4)18-30/h9-10,13-16,29-30H,5-8,11-12,17-18H2,1-4H3/b10-9+. The van der Waals surface area contributed by atoms with Crippen molar-refractivity contribution in [3.05, 3.63) is 58.7 Å². The van der Waals surface area contributed by atoms with E-state index >= 15 is 0 Å². The van der Waals surface area contributed by atoms with Crippen LogP contribution in [0.3, 0.4) is 0 Å². The van der Waals surface area contributed by atoms with Gasteiger partial charge in [-0.05, 0) is 73.7 Å². The van der Waals surface area contributed by atoms with Gasteiger partial charge in [0.1, 0.15) is 0 Å². The summed E-state index contributed by atoms with van der Waals surface area (Å²) >= 11 is 0. The molecule has 0 bridgehead atoms. The van der Waals surface area contributed by atoms with Crippen LogP contribution in [0, 0.1) is 10.8 Å². The van der Waals surface area contributed by atoms with Crippen LogP contribution in [-0.4, -0.2) is 46.6 Å². The first-order chi connectivity index (χ1) is 15.9. The maximum Gasteiger partial charge on any atom is 0.189 e. The second kappa shape index (κ2) is 11.6. The highest BCUT2D eigenvalue weighted by Crippen LogP contribution is 2.28. The highest BCUT2D eigenvalue weighted by molar-refractivity contribution is 6.23. The third-order valence-corrected chi connectivity index (χ3v) is 6.23. The Kier molecular flexibility index (Phi) is 9.42. The van der Waals surface area contributed by atoms with E-state index in [0.717, 1.165) is 0 Å². The Balaban J connectivity index is 2.04. The van der Waals surface area contributed by atoms with Gasteiger partial charge in [0.15, 0.2) is 23.1 Å². The molecule has 6 nitrogen and oxygen atoms in total. The van der Waals surface area contributed by atoms with Gasteiger partial charge < -0.3 is 10.2 Å². The van der Waals surface area contributed by atoms with Gasteiger partial charge >= 0.3 is 0 Å². The molecule has 34 heavy (non-hydrogen) atoms. The van der Waals surface area contributed by atoms with E-state index in [1.807, 2.05) is 27.7 Å². The van der Waals surface area contributed by atoms with Crippen molar-refractivity contribution >= 4 is 23.1 Å². The Labute approximate surface area is 201 Å². The van der Waals surface area contributed by atoms with Crippen LogP contribution in [0.5, 0.6) is 0 Å². The zero-order chi connectivity index (χ0) is 25.5. The molecule has 0 radical (unpaired) electrons. The van der Waals surface area contributed by atoms with E-state index in [1.54, 1.807) is 0 Å². The van der Waals surface area contributed by atoms with Gasteiger partial charge in [-0.15, -0.1) is 0 Å². The maximum atomic E-state index is 12.9. The van der Waals surface area contributed by atoms with Crippen LogP contribution in [0.15, 0.2) is 58.7 Å². The molecule has 2 N–H and O–H groups in total. The van der Waals surface area contributed by atoms with Gasteiger partial charge in [0.05, 0.1) is 0 Å². The SMILES string of the molecule is CC(C)(CO)CCCC1=CC(=O)C=C(/C=C/C2=CC(=O)C=C(CCCC(C)(C)CO)C2=O)C1=O. The Morgan fingerprint density at radius 3 is 1.32 bits per heavy atom. The molecule has 0 unspecified atom stereocenters. The van der Waals surface area contributed by atoms with Crippen molar-refractivity contribution < 1.29 is 29.4 Å². The molecule has 0 amide bonds. The molecule has 0 atom stereocenters. The number of carbonyl (C=O) groups is 4. The van der Waals surface area contributed by atoms with E-state index in [1.165, 1.54) is 36.5 Å². The van der Waals surface area contributed by atoms with Crippen molar-refractivity contribution in [2.24, 2.45) is 10.8 Å². The largest absolute Gasteiger partial charge is 0.396 e. The Hall–Kier alpha value is -2.70. The van der Waals surface area contributed by atoms with Gasteiger partial charge in [0.25, 0.3) is 0 Å². The van der Waals surface area contributed by atoms with Crippen molar-refractivity contribution in [3.8, 4) is 0 Å². The number of Topliss-reactive ketones (excluding diaryl/α,β-unsaturated/α-hetero) is 2. The van der Waals surface area contributed by atoms with Crippen LogP contribution in [-0.2, 0) is 19.2 Å². The van der Waals surface area contributed by atoms with Gasteiger partial charge in [0.2, 0.25) is 0 Å². The lowest BCUT2D eigenvalue weighted by molar-refractivity contribution is -0.115. The summed E-state index contributed by atoms with van der Waals surface area (Å²) in [5.74, 6) is -1.12. The molecule has 2 aliphatic carbocycles.